The van der Waals surface area contributed by atoms with Crippen LogP contribution in [0.4, 0.5) is 0 Å². The molecule has 114 valence electrons. The SMILES string of the molecule is Cc1ccc(C(C)NC2C3CC4CC(C3)CC2C4)c(C)c1. The lowest BCUT2D eigenvalue weighted by molar-refractivity contribution is -0.0171. The molecule has 1 atom stereocenters. The Labute approximate surface area is 129 Å². The highest BCUT2D eigenvalue weighted by molar-refractivity contribution is 5.32. The van der Waals surface area contributed by atoms with E-state index in [2.05, 4.69) is 44.3 Å². The number of rotatable bonds is 3. The molecule has 0 spiro atoms. The van der Waals surface area contributed by atoms with Crippen LogP contribution < -0.4 is 5.32 Å². The lowest BCUT2D eigenvalue weighted by atomic mass is 9.54. The monoisotopic (exact) mass is 283 g/mol. The fourth-order valence-corrected chi connectivity index (χ4v) is 5.89. The molecular formula is C20H29N. The second-order valence-corrected chi connectivity index (χ2v) is 8.20. The van der Waals surface area contributed by atoms with Crippen LogP contribution >= 0.6 is 0 Å². The average Bonchev–Trinajstić information content (AvgIpc) is 2.41. The third-order valence-electron chi connectivity index (χ3n) is 6.56. The summed E-state index contributed by atoms with van der Waals surface area (Å²) in [6.07, 6.45) is 7.56. The van der Waals surface area contributed by atoms with Gasteiger partial charge in [0.05, 0.1) is 0 Å². The van der Waals surface area contributed by atoms with Crippen LogP contribution in [-0.4, -0.2) is 6.04 Å². The van der Waals surface area contributed by atoms with Gasteiger partial charge < -0.3 is 5.32 Å². The van der Waals surface area contributed by atoms with Gasteiger partial charge in [-0.15, -0.1) is 0 Å². The normalized spacial score (nSPS) is 38.7. The van der Waals surface area contributed by atoms with Crippen molar-refractivity contribution >= 4 is 0 Å². The average molecular weight is 283 g/mol. The van der Waals surface area contributed by atoms with Crippen LogP contribution in [0, 0.1) is 37.5 Å². The van der Waals surface area contributed by atoms with Gasteiger partial charge in [0, 0.05) is 12.1 Å². The maximum Gasteiger partial charge on any atom is 0.0297 e. The van der Waals surface area contributed by atoms with Gasteiger partial charge in [-0.25, -0.2) is 0 Å². The van der Waals surface area contributed by atoms with Crippen molar-refractivity contribution in [1.82, 2.24) is 5.32 Å². The van der Waals surface area contributed by atoms with Gasteiger partial charge in [0.2, 0.25) is 0 Å². The summed E-state index contributed by atoms with van der Waals surface area (Å²) in [5.74, 6) is 4.08. The van der Waals surface area contributed by atoms with Crippen LogP contribution in [0.2, 0.25) is 0 Å². The van der Waals surface area contributed by atoms with E-state index in [1.54, 1.807) is 6.42 Å². The van der Waals surface area contributed by atoms with E-state index in [0.29, 0.717) is 6.04 Å². The topological polar surface area (TPSA) is 12.0 Å². The van der Waals surface area contributed by atoms with Crippen molar-refractivity contribution in [3.8, 4) is 0 Å². The first-order chi connectivity index (χ1) is 10.1. The molecule has 1 aromatic carbocycles. The quantitative estimate of drug-likeness (QED) is 0.842. The molecule has 1 unspecified atom stereocenters. The first kappa shape index (κ1) is 13.8. The van der Waals surface area contributed by atoms with Gasteiger partial charge in [-0.05, 0) is 87.7 Å². The van der Waals surface area contributed by atoms with E-state index < -0.39 is 0 Å². The van der Waals surface area contributed by atoms with Crippen LogP contribution in [0.3, 0.4) is 0 Å². The van der Waals surface area contributed by atoms with Crippen molar-refractivity contribution in [1.29, 1.82) is 0 Å². The standard InChI is InChI=1S/C20H29N/c1-12-4-5-19(13(2)6-12)14(3)21-20-17-8-15-7-16(10-17)11-18(20)9-15/h4-6,14-18,20-21H,7-11H2,1-3H3. The van der Waals surface area contributed by atoms with Crippen LogP contribution in [0.1, 0.15) is 61.8 Å². The zero-order valence-electron chi connectivity index (χ0n) is 13.7. The molecule has 5 rings (SSSR count). The Bertz CT molecular complexity index is 505. The first-order valence-electron chi connectivity index (χ1n) is 8.93. The van der Waals surface area contributed by atoms with Gasteiger partial charge >= 0.3 is 0 Å². The lowest BCUT2D eigenvalue weighted by Gasteiger charge is -2.55. The number of hydrogen-bond acceptors (Lipinski definition) is 1. The first-order valence-corrected chi connectivity index (χ1v) is 8.93. The van der Waals surface area contributed by atoms with Crippen LogP contribution in [0.5, 0.6) is 0 Å². The molecule has 4 bridgehead atoms. The summed E-state index contributed by atoms with van der Waals surface area (Å²) in [7, 11) is 0. The molecule has 1 N–H and O–H groups in total. The van der Waals surface area contributed by atoms with Gasteiger partial charge in [0.15, 0.2) is 0 Å². The molecular weight excluding hydrogens is 254 g/mol. The molecule has 0 heterocycles. The van der Waals surface area contributed by atoms with E-state index in [9.17, 15) is 0 Å². The molecule has 1 heteroatoms. The molecule has 0 amide bonds. The Morgan fingerprint density at radius 1 is 0.952 bits per heavy atom. The van der Waals surface area contributed by atoms with Crippen molar-refractivity contribution in [2.75, 3.05) is 0 Å². The molecule has 21 heavy (non-hydrogen) atoms. The summed E-state index contributed by atoms with van der Waals surface area (Å²) in [6, 6.07) is 8.20. The predicted molar refractivity (Wildman–Crippen MR) is 88.3 cm³/mol. The molecule has 0 radical (unpaired) electrons. The third kappa shape index (κ3) is 2.44. The van der Waals surface area contributed by atoms with Crippen molar-refractivity contribution in [2.24, 2.45) is 23.7 Å². The number of aryl methyl sites for hydroxylation is 2. The predicted octanol–water partition coefficient (Wildman–Crippen LogP) is 4.78. The highest BCUT2D eigenvalue weighted by Crippen LogP contribution is 2.54. The summed E-state index contributed by atoms with van der Waals surface area (Å²) in [5.41, 5.74) is 4.31. The van der Waals surface area contributed by atoms with Gasteiger partial charge in [-0.2, -0.15) is 0 Å². The molecule has 1 nitrogen and oxygen atoms in total. The number of nitrogens with one attached hydrogen (secondary N) is 1. The Morgan fingerprint density at radius 3 is 2.14 bits per heavy atom. The maximum atomic E-state index is 4.04. The smallest absolute Gasteiger partial charge is 0.0297 e. The minimum Gasteiger partial charge on any atom is -0.307 e. The van der Waals surface area contributed by atoms with Crippen LogP contribution in [-0.2, 0) is 0 Å². The van der Waals surface area contributed by atoms with E-state index in [0.717, 1.165) is 29.7 Å². The number of hydrogen-bond donors (Lipinski definition) is 1. The van der Waals surface area contributed by atoms with E-state index in [1.165, 1.54) is 42.4 Å². The van der Waals surface area contributed by atoms with E-state index in [4.69, 9.17) is 0 Å². The van der Waals surface area contributed by atoms with Crippen molar-refractivity contribution in [3.63, 3.8) is 0 Å². The molecule has 1 aromatic rings. The number of benzene rings is 1. The Kier molecular flexibility index (Phi) is 3.37. The highest BCUT2D eigenvalue weighted by atomic mass is 15.0. The molecule has 0 aliphatic heterocycles. The molecule has 4 aliphatic rings. The second-order valence-electron chi connectivity index (χ2n) is 8.20. The van der Waals surface area contributed by atoms with E-state index >= 15 is 0 Å². The molecule has 0 aromatic heterocycles. The van der Waals surface area contributed by atoms with Gasteiger partial charge in [0.25, 0.3) is 0 Å². The summed E-state index contributed by atoms with van der Waals surface area (Å²) in [4.78, 5) is 0. The summed E-state index contributed by atoms with van der Waals surface area (Å²) in [5, 5.41) is 4.04. The molecule has 4 saturated carbocycles. The summed E-state index contributed by atoms with van der Waals surface area (Å²) >= 11 is 0. The van der Waals surface area contributed by atoms with Gasteiger partial charge in [-0.3, -0.25) is 0 Å². The maximum absolute atomic E-state index is 4.04. The Hall–Kier alpha value is -0.820. The van der Waals surface area contributed by atoms with E-state index in [1.807, 2.05) is 0 Å². The third-order valence-corrected chi connectivity index (χ3v) is 6.56. The van der Waals surface area contributed by atoms with Crippen molar-refractivity contribution < 1.29 is 0 Å². The van der Waals surface area contributed by atoms with Gasteiger partial charge in [-0.1, -0.05) is 23.8 Å². The van der Waals surface area contributed by atoms with Gasteiger partial charge in [0.1, 0.15) is 0 Å². The van der Waals surface area contributed by atoms with Crippen molar-refractivity contribution in [2.45, 2.75) is 65.0 Å². The van der Waals surface area contributed by atoms with Crippen LogP contribution in [0.15, 0.2) is 18.2 Å². The second kappa shape index (κ2) is 5.12. The minimum absolute atomic E-state index is 0.494. The van der Waals surface area contributed by atoms with Crippen LogP contribution in [0.25, 0.3) is 0 Å². The Balaban J connectivity index is 1.50. The zero-order valence-corrected chi connectivity index (χ0v) is 13.7. The Morgan fingerprint density at radius 2 is 1.57 bits per heavy atom. The lowest BCUT2D eigenvalue weighted by Crippen LogP contribution is -2.54. The highest BCUT2D eigenvalue weighted by Gasteiger charge is 2.48. The largest absolute Gasteiger partial charge is 0.307 e. The summed E-state index contributed by atoms with van der Waals surface area (Å²) < 4.78 is 0. The summed E-state index contributed by atoms with van der Waals surface area (Å²) in [6.45, 7) is 6.81. The zero-order chi connectivity index (χ0) is 14.6. The molecule has 4 aliphatic carbocycles. The molecule has 4 fully saturated rings. The fourth-order valence-electron chi connectivity index (χ4n) is 5.89. The van der Waals surface area contributed by atoms with Crippen molar-refractivity contribution in [3.05, 3.63) is 34.9 Å². The van der Waals surface area contributed by atoms with E-state index in [-0.39, 0.29) is 0 Å². The fraction of sp³-hybridized carbons (Fsp3) is 0.700. The minimum atomic E-state index is 0.494. The molecule has 0 saturated heterocycles.